The van der Waals surface area contributed by atoms with E-state index >= 15 is 0 Å². The van der Waals surface area contributed by atoms with E-state index in [1.54, 1.807) is 7.11 Å². The van der Waals surface area contributed by atoms with Crippen molar-refractivity contribution >= 4 is 5.82 Å². The Kier molecular flexibility index (Phi) is 4.22. The van der Waals surface area contributed by atoms with Gasteiger partial charge in [-0.15, -0.1) is 0 Å². The van der Waals surface area contributed by atoms with Gasteiger partial charge in [0.05, 0.1) is 12.8 Å². The van der Waals surface area contributed by atoms with Crippen molar-refractivity contribution in [1.82, 2.24) is 9.97 Å². The number of rotatable bonds is 4. The van der Waals surface area contributed by atoms with Gasteiger partial charge in [-0.2, -0.15) is 0 Å². The minimum absolute atomic E-state index is 0.277. The predicted molar refractivity (Wildman–Crippen MR) is 83.9 cm³/mol. The zero-order valence-corrected chi connectivity index (χ0v) is 12.9. The van der Waals surface area contributed by atoms with E-state index in [-0.39, 0.29) is 5.82 Å². The van der Waals surface area contributed by atoms with Crippen LogP contribution in [-0.2, 0) is 6.42 Å². The highest BCUT2D eigenvalue weighted by molar-refractivity contribution is 5.44. The maximum atomic E-state index is 14.4. The number of ether oxygens (including phenoxy) is 1. The molecule has 1 atom stereocenters. The summed E-state index contributed by atoms with van der Waals surface area (Å²) in [5, 5.41) is 0. The Morgan fingerprint density at radius 1 is 1.27 bits per heavy atom. The molecule has 2 aromatic rings. The largest absolute Gasteiger partial charge is 0.497 e. The molecule has 5 heteroatoms. The molecule has 0 amide bonds. The van der Waals surface area contributed by atoms with E-state index in [1.165, 1.54) is 11.9 Å². The van der Waals surface area contributed by atoms with Gasteiger partial charge in [0.15, 0.2) is 11.6 Å². The van der Waals surface area contributed by atoms with Crippen LogP contribution < -0.4 is 9.64 Å². The molecule has 4 nitrogen and oxygen atoms in total. The Hall–Kier alpha value is -2.17. The van der Waals surface area contributed by atoms with Crippen LogP contribution in [0.4, 0.5) is 10.2 Å². The summed E-state index contributed by atoms with van der Waals surface area (Å²) in [6.07, 6.45) is 3.03. The molecule has 0 radical (unpaired) electrons. The van der Waals surface area contributed by atoms with E-state index in [1.807, 2.05) is 24.0 Å². The van der Waals surface area contributed by atoms with Crippen molar-refractivity contribution in [2.24, 2.45) is 0 Å². The topological polar surface area (TPSA) is 38.2 Å². The van der Waals surface area contributed by atoms with E-state index in [0.717, 1.165) is 25.3 Å². The Bertz CT molecular complexity index is 645. The smallest absolute Gasteiger partial charge is 0.187 e. The van der Waals surface area contributed by atoms with E-state index in [0.29, 0.717) is 23.9 Å². The molecule has 1 aliphatic rings. The van der Waals surface area contributed by atoms with Crippen LogP contribution in [-0.4, -0.2) is 30.2 Å². The van der Waals surface area contributed by atoms with Gasteiger partial charge in [0, 0.05) is 19.0 Å². The van der Waals surface area contributed by atoms with Gasteiger partial charge in [0.25, 0.3) is 0 Å². The number of hydrogen-bond donors (Lipinski definition) is 0. The molecule has 0 saturated carbocycles. The second-order valence-electron chi connectivity index (χ2n) is 5.52. The standard InChI is InChI=1S/C17H20FN3O/c1-3-15-16(18)17(20-11-19-15)21-9-8-13(10-21)12-4-6-14(22-2)7-5-12/h4-7,11,13H,3,8-10H2,1-2H3. The van der Waals surface area contributed by atoms with Gasteiger partial charge in [-0.05, 0) is 30.5 Å². The highest BCUT2D eigenvalue weighted by Gasteiger charge is 2.27. The van der Waals surface area contributed by atoms with Crippen molar-refractivity contribution in [1.29, 1.82) is 0 Å². The summed E-state index contributed by atoms with van der Waals surface area (Å²) in [6, 6.07) is 8.11. The summed E-state index contributed by atoms with van der Waals surface area (Å²) in [4.78, 5) is 10.2. The number of methoxy groups -OCH3 is 1. The van der Waals surface area contributed by atoms with Crippen molar-refractivity contribution in [2.45, 2.75) is 25.7 Å². The average Bonchev–Trinajstić information content (AvgIpc) is 3.05. The Balaban J connectivity index is 1.77. The first-order chi connectivity index (χ1) is 10.7. The lowest BCUT2D eigenvalue weighted by atomic mass is 9.98. The summed E-state index contributed by atoms with van der Waals surface area (Å²) in [7, 11) is 1.66. The lowest BCUT2D eigenvalue weighted by molar-refractivity contribution is 0.414. The summed E-state index contributed by atoms with van der Waals surface area (Å²) >= 11 is 0. The van der Waals surface area contributed by atoms with Crippen LogP contribution in [0.2, 0.25) is 0 Å². The molecule has 3 rings (SSSR count). The van der Waals surface area contributed by atoms with E-state index < -0.39 is 0 Å². The van der Waals surface area contributed by atoms with Gasteiger partial charge in [-0.25, -0.2) is 14.4 Å². The second-order valence-corrected chi connectivity index (χ2v) is 5.52. The molecular weight excluding hydrogens is 281 g/mol. The minimum Gasteiger partial charge on any atom is -0.497 e. The Morgan fingerprint density at radius 2 is 2.05 bits per heavy atom. The van der Waals surface area contributed by atoms with Crippen LogP contribution in [0.5, 0.6) is 5.75 Å². The SMILES string of the molecule is CCc1ncnc(N2CCC(c3ccc(OC)cc3)C2)c1F. The normalized spacial score (nSPS) is 17.8. The molecule has 22 heavy (non-hydrogen) atoms. The van der Waals surface area contributed by atoms with Gasteiger partial charge in [0.1, 0.15) is 12.1 Å². The third-order valence-electron chi connectivity index (χ3n) is 4.25. The van der Waals surface area contributed by atoms with E-state index in [4.69, 9.17) is 4.74 Å². The molecule has 0 N–H and O–H groups in total. The molecule has 116 valence electrons. The number of aryl methyl sites for hydroxylation is 1. The molecule has 1 fully saturated rings. The van der Waals surface area contributed by atoms with Gasteiger partial charge in [-0.3, -0.25) is 0 Å². The predicted octanol–water partition coefficient (Wildman–Crippen LogP) is 3.18. The first-order valence-corrected chi connectivity index (χ1v) is 7.61. The number of nitrogens with zero attached hydrogens (tertiary/aromatic N) is 3. The molecule has 1 aromatic heterocycles. The quantitative estimate of drug-likeness (QED) is 0.869. The van der Waals surface area contributed by atoms with Crippen LogP contribution >= 0.6 is 0 Å². The number of benzene rings is 1. The van der Waals surface area contributed by atoms with Crippen LogP contribution in [0.1, 0.15) is 30.5 Å². The van der Waals surface area contributed by atoms with Gasteiger partial charge in [-0.1, -0.05) is 19.1 Å². The van der Waals surface area contributed by atoms with Crippen LogP contribution in [0.3, 0.4) is 0 Å². The molecule has 1 unspecified atom stereocenters. The van der Waals surface area contributed by atoms with Crippen molar-refractivity contribution in [3.8, 4) is 5.75 Å². The van der Waals surface area contributed by atoms with Gasteiger partial charge < -0.3 is 9.64 Å². The van der Waals surface area contributed by atoms with Crippen LogP contribution in [0.25, 0.3) is 0 Å². The van der Waals surface area contributed by atoms with Crippen molar-refractivity contribution in [2.75, 3.05) is 25.1 Å². The summed E-state index contributed by atoms with van der Waals surface area (Å²) in [6.45, 7) is 3.50. The maximum Gasteiger partial charge on any atom is 0.187 e. The lowest BCUT2D eigenvalue weighted by Crippen LogP contribution is -2.22. The number of halogens is 1. The first-order valence-electron chi connectivity index (χ1n) is 7.61. The molecule has 1 aromatic carbocycles. The number of aromatic nitrogens is 2. The van der Waals surface area contributed by atoms with Crippen LogP contribution in [0, 0.1) is 5.82 Å². The first kappa shape index (κ1) is 14.8. The van der Waals surface area contributed by atoms with Crippen molar-refractivity contribution in [3.63, 3.8) is 0 Å². The summed E-state index contributed by atoms with van der Waals surface area (Å²) in [5.41, 5.74) is 1.74. The summed E-state index contributed by atoms with van der Waals surface area (Å²) < 4.78 is 19.6. The molecule has 0 bridgehead atoms. The van der Waals surface area contributed by atoms with Crippen molar-refractivity contribution < 1.29 is 9.13 Å². The summed E-state index contributed by atoms with van der Waals surface area (Å²) in [5.74, 6) is 1.40. The van der Waals surface area contributed by atoms with Crippen LogP contribution in [0.15, 0.2) is 30.6 Å². The monoisotopic (exact) mass is 301 g/mol. The minimum atomic E-state index is -0.277. The van der Waals surface area contributed by atoms with E-state index in [2.05, 4.69) is 22.1 Å². The second kappa shape index (κ2) is 6.30. The fourth-order valence-corrected chi connectivity index (χ4v) is 2.96. The molecule has 0 aliphatic carbocycles. The zero-order valence-electron chi connectivity index (χ0n) is 12.9. The Morgan fingerprint density at radius 3 is 2.73 bits per heavy atom. The highest BCUT2D eigenvalue weighted by atomic mass is 19.1. The van der Waals surface area contributed by atoms with E-state index in [9.17, 15) is 4.39 Å². The average molecular weight is 301 g/mol. The third-order valence-corrected chi connectivity index (χ3v) is 4.25. The molecule has 0 spiro atoms. The molecular formula is C17H20FN3O. The van der Waals surface area contributed by atoms with Gasteiger partial charge >= 0.3 is 0 Å². The highest BCUT2D eigenvalue weighted by Crippen LogP contribution is 2.32. The molecule has 1 aliphatic heterocycles. The fraction of sp³-hybridized carbons (Fsp3) is 0.412. The molecule has 1 saturated heterocycles. The fourth-order valence-electron chi connectivity index (χ4n) is 2.96. The third kappa shape index (κ3) is 2.75. The van der Waals surface area contributed by atoms with Crippen molar-refractivity contribution in [3.05, 3.63) is 47.7 Å². The molecule has 2 heterocycles. The number of hydrogen-bond acceptors (Lipinski definition) is 4. The number of anilines is 1. The Labute approximate surface area is 130 Å². The zero-order chi connectivity index (χ0) is 15.5. The lowest BCUT2D eigenvalue weighted by Gasteiger charge is -2.19. The van der Waals surface area contributed by atoms with Gasteiger partial charge in [0.2, 0.25) is 0 Å². The maximum absolute atomic E-state index is 14.4.